The molecule has 1 aromatic heterocycles. The Labute approximate surface area is 122 Å². The lowest BCUT2D eigenvalue weighted by Crippen LogP contribution is -2.29. The van der Waals surface area contributed by atoms with Crippen molar-refractivity contribution >= 4 is 5.78 Å². The molecule has 0 bridgehead atoms. The first-order chi connectivity index (χ1) is 10.1. The van der Waals surface area contributed by atoms with Gasteiger partial charge in [0.25, 0.3) is 0 Å². The molecule has 0 saturated carbocycles. The van der Waals surface area contributed by atoms with E-state index in [2.05, 4.69) is 4.98 Å². The smallest absolute Gasteiger partial charge is 0.182 e. The van der Waals surface area contributed by atoms with Crippen LogP contribution in [0.4, 0.5) is 8.78 Å². The highest BCUT2D eigenvalue weighted by atomic mass is 19.1. The molecule has 0 aliphatic rings. The van der Waals surface area contributed by atoms with Crippen molar-refractivity contribution in [2.45, 2.75) is 6.42 Å². The molecule has 2 aromatic rings. The molecule has 0 unspecified atom stereocenters. The third kappa shape index (κ3) is 4.16. The average Bonchev–Trinajstić information content (AvgIpc) is 2.46. The molecule has 0 aliphatic heterocycles. The number of ketones is 1. The van der Waals surface area contributed by atoms with Gasteiger partial charge in [-0.3, -0.25) is 14.7 Å². The highest BCUT2D eigenvalue weighted by molar-refractivity contribution is 5.98. The minimum atomic E-state index is -0.817. The summed E-state index contributed by atoms with van der Waals surface area (Å²) in [6.45, 7) is 0.592. The number of hydrogen-bond acceptors (Lipinski definition) is 3. The van der Waals surface area contributed by atoms with Gasteiger partial charge in [-0.1, -0.05) is 6.07 Å². The number of carbonyl (C=O) groups excluding carboxylic acids is 1. The van der Waals surface area contributed by atoms with E-state index < -0.39 is 23.0 Å². The minimum Gasteiger partial charge on any atom is -0.299 e. The van der Waals surface area contributed by atoms with Gasteiger partial charge in [-0.05, 0) is 43.3 Å². The van der Waals surface area contributed by atoms with E-state index in [1.54, 1.807) is 24.3 Å². The SMILES string of the molecule is CN(CCc1ccncc1)CC(=O)c1c(F)cccc1F. The number of nitrogens with zero attached hydrogens (tertiary/aromatic N) is 2. The van der Waals surface area contributed by atoms with Crippen molar-refractivity contribution in [2.75, 3.05) is 20.1 Å². The number of aromatic nitrogens is 1. The number of Topliss-reactive ketones (excluding diaryl/α,β-unsaturated/α-hetero) is 1. The predicted molar refractivity (Wildman–Crippen MR) is 76.1 cm³/mol. The summed E-state index contributed by atoms with van der Waals surface area (Å²) in [5, 5.41) is 0. The van der Waals surface area contributed by atoms with E-state index in [9.17, 15) is 13.6 Å². The standard InChI is InChI=1S/C16H16F2N2O/c1-20(10-7-12-5-8-19-9-6-12)11-15(21)16-13(17)3-2-4-14(16)18/h2-6,8-9H,7,10-11H2,1H3. The maximum Gasteiger partial charge on any atom is 0.182 e. The molecule has 0 amide bonds. The molecule has 0 saturated heterocycles. The van der Waals surface area contributed by atoms with Gasteiger partial charge in [0.2, 0.25) is 0 Å². The second-order valence-electron chi connectivity index (χ2n) is 4.86. The summed E-state index contributed by atoms with van der Waals surface area (Å²) in [5.41, 5.74) is 0.634. The lowest BCUT2D eigenvalue weighted by atomic mass is 10.1. The third-order valence-corrected chi connectivity index (χ3v) is 3.19. The molecule has 0 fully saturated rings. The van der Waals surface area contributed by atoms with Gasteiger partial charge in [-0.2, -0.15) is 0 Å². The second kappa shape index (κ2) is 7.04. The van der Waals surface area contributed by atoms with Crippen molar-refractivity contribution in [3.63, 3.8) is 0 Å². The Bertz CT molecular complexity index is 597. The summed E-state index contributed by atoms with van der Waals surface area (Å²) < 4.78 is 27.0. The molecular formula is C16H16F2N2O. The molecule has 2 rings (SSSR count). The molecule has 3 nitrogen and oxygen atoms in total. The van der Waals surface area contributed by atoms with Crippen LogP contribution in [0, 0.1) is 11.6 Å². The topological polar surface area (TPSA) is 33.2 Å². The molecule has 1 heterocycles. The average molecular weight is 290 g/mol. The van der Waals surface area contributed by atoms with Gasteiger partial charge in [0.05, 0.1) is 12.1 Å². The Morgan fingerprint density at radius 1 is 1.14 bits per heavy atom. The summed E-state index contributed by atoms with van der Waals surface area (Å²) in [7, 11) is 1.75. The fourth-order valence-electron chi connectivity index (χ4n) is 2.04. The van der Waals surface area contributed by atoms with Crippen LogP contribution in [-0.4, -0.2) is 35.8 Å². The van der Waals surface area contributed by atoms with Gasteiger partial charge >= 0.3 is 0 Å². The maximum absolute atomic E-state index is 13.5. The largest absolute Gasteiger partial charge is 0.299 e. The highest BCUT2D eigenvalue weighted by Gasteiger charge is 2.18. The number of hydrogen-bond donors (Lipinski definition) is 0. The van der Waals surface area contributed by atoms with Crippen molar-refractivity contribution in [3.05, 3.63) is 65.5 Å². The molecule has 0 radical (unpaired) electrons. The summed E-state index contributed by atoms with van der Waals surface area (Å²) >= 11 is 0. The second-order valence-corrected chi connectivity index (χ2v) is 4.86. The van der Waals surface area contributed by atoms with Crippen LogP contribution in [0.25, 0.3) is 0 Å². The number of likely N-dealkylation sites (N-methyl/N-ethyl adjacent to an activating group) is 1. The fourth-order valence-corrected chi connectivity index (χ4v) is 2.04. The summed E-state index contributed by atoms with van der Waals surface area (Å²) in [6.07, 6.45) is 4.15. The van der Waals surface area contributed by atoms with Gasteiger partial charge in [0.15, 0.2) is 5.78 Å². The first-order valence-corrected chi connectivity index (χ1v) is 6.62. The summed E-state index contributed by atoms with van der Waals surface area (Å²) in [5.74, 6) is -2.19. The first-order valence-electron chi connectivity index (χ1n) is 6.62. The molecule has 0 spiro atoms. The van der Waals surface area contributed by atoms with E-state index in [1.807, 2.05) is 12.1 Å². The van der Waals surface area contributed by atoms with Gasteiger partial charge in [0, 0.05) is 18.9 Å². The molecule has 0 atom stereocenters. The Morgan fingerprint density at radius 2 is 1.76 bits per heavy atom. The Kier molecular flexibility index (Phi) is 5.11. The van der Waals surface area contributed by atoms with Gasteiger partial charge in [-0.25, -0.2) is 8.78 Å². The van der Waals surface area contributed by atoms with Crippen LogP contribution in [0.3, 0.4) is 0 Å². The molecule has 0 N–H and O–H groups in total. The van der Waals surface area contributed by atoms with Crippen molar-refractivity contribution in [1.82, 2.24) is 9.88 Å². The van der Waals surface area contributed by atoms with Crippen LogP contribution in [0.1, 0.15) is 15.9 Å². The van der Waals surface area contributed by atoms with E-state index in [0.29, 0.717) is 6.54 Å². The number of rotatable bonds is 6. The van der Waals surface area contributed by atoms with Crippen LogP contribution in [0.5, 0.6) is 0 Å². The molecule has 0 aliphatic carbocycles. The first kappa shape index (κ1) is 15.3. The normalized spacial score (nSPS) is 10.9. The van der Waals surface area contributed by atoms with Crippen LogP contribution >= 0.6 is 0 Å². The highest BCUT2D eigenvalue weighted by Crippen LogP contribution is 2.13. The predicted octanol–water partition coefficient (Wildman–Crippen LogP) is 2.72. The fraction of sp³-hybridized carbons (Fsp3) is 0.250. The van der Waals surface area contributed by atoms with Crippen molar-refractivity contribution < 1.29 is 13.6 Å². The number of benzene rings is 1. The van der Waals surface area contributed by atoms with E-state index in [4.69, 9.17) is 0 Å². The van der Waals surface area contributed by atoms with Crippen LogP contribution in [0.2, 0.25) is 0 Å². The molecular weight excluding hydrogens is 274 g/mol. The van der Waals surface area contributed by atoms with Crippen molar-refractivity contribution in [1.29, 1.82) is 0 Å². The van der Waals surface area contributed by atoms with Crippen molar-refractivity contribution in [3.8, 4) is 0 Å². The van der Waals surface area contributed by atoms with Crippen LogP contribution in [-0.2, 0) is 6.42 Å². The zero-order chi connectivity index (χ0) is 15.2. The quantitative estimate of drug-likeness (QED) is 0.767. The van der Waals surface area contributed by atoms with Crippen LogP contribution in [0.15, 0.2) is 42.7 Å². The molecule has 5 heteroatoms. The van der Waals surface area contributed by atoms with Gasteiger partial charge in [0.1, 0.15) is 11.6 Å². The van der Waals surface area contributed by atoms with Crippen LogP contribution < -0.4 is 0 Å². The van der Waals surface area contributed by atoms with E-state index in [0.717, 1.165) is 24.1 Å². The number of pyridine rings is 1. The molecule has 21 heavy (non-hydrogen) atoms. The lowest BCUT2D eigenvalue weighted by Gasteiger charge is -2.16. The monoisotopic (exact) mass is 290 g/mol. The van der Waals surface area contributed by atoms with Gasteiger partial charge < -0.3 is 0 Å². The molecule has 110 valence electrons. The summed E-state index contributed by atoms with van der Waals surface area (Å²) in [4.78, 5) is 17.6. The Balaban J connectivity index is 1.93. The maximum atomic E-state index is 13.5. The van der Waals surface area contributed by atoms with E-state index in [-0.39, 0.29) is 6.54 Å². The zero-order valence-corrected chi connectivity index (χ0v) is 11.7. The number of carbonyl (C=O) groups is 1. The lowest BCUT2D eigenvalue weighted by molar-refractivity contribution is 0.0938. The van der Waals surface area contributed by atoms with Crippen molar-refractivity contribution in [2.24, 2.45) is 0 Å². The van der Waals surface area contributed by atoms with E-state index in [1.165, 1.54) is 6.07 Å². The molecule has 1 aromatic carbocycles. The Hall–Kier alpha value is -2.14. The zero-order valence-electron chi connectivity index (χ0n) is 11.7. The summed E-state index contributed by atoms with van der Waals surface area (Å²) in [6, 6.07) is 7.22. The third-order valence-electron chi connectivity index (χ3n) is 3.19. The minimum absolute atomic E-state index is 0.0249. The Morgan fingerprint density at radius 3 is 2.38 bits per heavy atom. The van der Waals surface area contributed by atoms with E-state index >= 15 is 0 Å². The van der Waals surface area contributed by atoms with Gasteiger partial charge in [-0.15, -0.1) is 0 Å². The number of halogens is 2.